The van der Waals surface area contributed by atoms with Crippen LogP contribution in [0.3, 0.4) is 0 Å². The highest BCUT2D eigenvalue weighted by molar-refractivity contribution is 5.69. The molecular formula is C18H27NO4. The van der Waals surface area contributed by atoms with Crippen molar-refractivity contribution in [1.82, 2.24) is 4.90 Å². The maximum Gasteiger partial charge on any atom is 0.304 e. The zero-order valence-electron chi connectivity index (χ0n) is 14.5. The molecule has 2 rings (SSSR count). The van der Waals surface area contributed by atoms with Crippen LogP contribution in [0.2, 0.25) is 0 Å². The standard InChI is InChI=1S/C18H27NO4/c1-18(2,12-16(20)21)14-6-5-7-15(22-4)17(14)23-13-8-10-19(3)11-9-13/h5-7,13H,8-12H2,1-4H3,(H,20,21). The van der Waals surface area contributed by atoms with Crippen LogP contribution in [0.25, 0.3) is 0 Å². The van der Waals surface area contributed by atoms with Gasteiger partial charge in [-0.1, -0.05) is 26.0 Å². The first-order chi connectivity index (χ1) is 10.8. The zero-order chi connectivity index (χ0) is 17.0. The summed E-state index contributed by atoms with van der Waals surface area (Å²) < 4.78 is 11.7. The highest BCUT2D eigenvalue weighted by Gasteiger charge is 2.30. The van der Waals surface area contributed by atoms with Gasteiger partial charge >= 0.3 is 5.97 Å². The topological polar surface area (TPSA) is 59.0 Å². The fraction of sp³-hybridized carbons (Fsp3) is 0.611. The van der Waals surface area contributed by atoms with Gasteiger partial charge in [-0.2, -0.15) is 0 Å². The number of rotatable bonds is 6. The number of piperidine rings is 1. The van der Waals surface area contributed by atoms with E-state index in [-0.39, 0.29) is 12.5 Å². The van der Waals surface area contributed by atoms with E-state index in [0.29, 0.717) is 11.5 Å². The second kappa shape index (κ2) is 7.21. The van der Waals surface area contributed by atoms with E-state index >= 15 is 0 Å². The van der Waals surface area contributed by atoms with Gasteiger partial charge in [0, 0.05) is 24.1 Å². The van der Waals surface area contributed by atoms with Crippen LogP contribution in [0.5, 0.6) is 11.5 Å². The van der Waals surface area contributed by atoms with Gasteiger partial charge in [-0.25, -0.2) is 0 Å². The van der Waals surface area contributed by atoms with E-state index in [4.69, 9.17) is 9.47 Å². The van der Waals surface area contributed by atoms with Crippen LogP contribution in [0.15, 0.2) is 18.2 Å². The zero-order valence-corrected chi connectivity index (χ0v) is 14.5. The van der Waals surface area contributed by atoms with Crippen molar-refractivity contribution in [2.24, 2.45) is 0 Å². The number of likely N-dealkylation sites (tertiary alicyclic amines) is 1. The summed E-state index contributed by atoms with van der Waals surface area (Å²) in [6.07, 6.45) is 2.12. The number of aliphatic carboxylic acids is 1. The summed E-state index contributed by atoms with van der Waals surface area (Å²) in [5.74, 6) is 0.541. The highest BCUT2D eigenvalue weighted by Crippen LogP contribution is 2.41. The molecule has 1 saturated heterocycles. The second-order valence-corrected chi connectivity index (χ2v) is 6.91. The SMILES string of the molecule is COc1cccc(C(C)(C)CC(=O)O)c1OC1CCN(C)CC1. The molecule has 0 spiro atoms. The van der Waals surface area contributed by atoms with Gasteiger partial charge in [-0.15, -0.1) is 0 Å². The third kappa shape index (κ3) is 4.38. The number of para-hydroxylation sites is 1. The van der Waals surface area contributed by atoms with Crippen LogP contribution in [0.4, 0.5) is 0 Å². The van der Waals surface area contributed by atoms with Crippen molar-refractivity contribution in [3.8, 4) is 11.5 Å². The van der Waals surface area contributed by atoms with Crippen molar-refractivity contribution in [3.05, 3.63) is 23.8 Å². The Bertz CT molecular complexity index is 548. The van der Waals surface area contributed by atoms with Crippen molar-refractivity contribution < 1.29 is 19.4 Å². The van der Waals surface area contributed by atoms with E-state index in [2.05, 4.69) is 11.9 Å². The number of carboxylic acids is 1. The summed E-state index contributed by atoms with van der Waals surface area (Å²) in [5.41, 5.74) is 0.361. The normalized spacial score (nSPS) is 17.0. The highest BCUT2D eigenvalue weighted by atomic mass is 16.5. The van der Waals surface area contributed by atoms with E-state index < -0.39 is 11.4 Å². The Hall–Kier alpha value is -1.75. The first kappa shape index (κ1) is 17.6. The Morgan fingerprint density at radius 1 is 1.35 bits per heavy atom. The molecule has 0 bridgehead atoms. The molecule has 0 unspecified atom stereocenters. The van der Waals surface area contributed by atoms with Gasteiger partial charge in [-0.05, 0) is 26.0 Å². The molecule has 128 valence electrons. The Morgan fingerprint density at radius 2 is 2.00 bits per heavy atom. The lowest BCUT2D eigenvalue weighted by atomic mass is 9.81. The lowest BCUT2D eigenvalue weighted by Crippen LogP contribution is -2.36. The number of hydrogen-bond acceptors (Lipinski definition) is 4. The number of benzene rings is 1. The van der Waals surface area contributed by atoms with Gasteiger partial charge < -0.3 is 19.5 Å². The van der Waals surface area contributed by atoms with Crippen molar-refractivity contribution in [2.75, 3.05) is 27.2 Å². The van der Waals surface area contributed by atoms with Crippen LogP contribution >= 0.6 is 0 Å². The van der Waals surface area contributed by atoms with Crippen molar-refractivity contribution in [1.29, 1.82) is 0 Å². The van der Waals surface area contributed by atoms with Gasteiger partial charge in [0.05, 0.1) is 13.5 Å². The maximum absolute atomic E-state index is 11.2. The summed E-state index contributed by atoms with van der Waals surface area (Å²) in [5, 5.41) is 9.20. The molecule has 0 aromatic heterocycles. The molecule has 1 aliphatic rings. The molecule has 23 heavy (non-hydrogen) atoms. The number of hydrogen-bond donors (Lipinski definition) is 1. The molecule has 5 nitrogen and oxygen atoms in total. The molecule has 5 heteroatoms. The van der Waals surface area contributed by atoms with Crippen molar-refractivity contribution >= 4 is 5.97 Å². The molecule has 0 radical (unpaired) electrons. The summed E-state index contributed by atoms with van der Waals surface area (Å²) >= 11 is 0. The van der Waals surface area contributed by atoms with Gasteiger partial charge in [-0.3, -0.25) is 4.79 Å². The lowest BCUT2D eigenvalue weighted by Gasteiger charge is -2.32. The molecule has 1 N–H and O–H groups in total. The van der Waals surface area contributed by atoms with Gasteiger partial charge in [0.25, 0.3) is 0 Å². The Kier molecular flexibility index (Phi) is 5.52. The smallest absolute Gasteiger partial charge is 0.304 e. The predicted molar refractivity (Wildman–Crippen MR) is 89.4 cm³/mol. The van der Waals surface area contributed by atoms with Gasteiger partial charge in [0.2, 0.25) is 0 Å². The second-order valence-electron chi connectivity index (χ2n) is 6.91. The minimum absolute atomic E-state index is 0.0456. The van der Waals surface area contributed by atoms with Crippen LogP contribution in [-0.2, 0) is 10.2 Å². The number of carbonyl (C=O) groups is 1. The van der Waals surface area contributed by atoms with Crippen LogP contribution in [0, 0.1) is 0 Å². The molecule has 1 fully saturated rings. The minimum atomic E-state index is -0.817. The van der Waals surface area contributed by atoms with E-state index in [1.165, 1.54) is 0 Å². The maximum atomic E-state index is 11.2. The molecule has 0 atom stereocenters. The third-order valence-electron chi connectivity index (χ3n) is 4.47. The molecular weight excluding hydrogens is 294 g/mol. The third-order valence-corrected chi connectivity index (χ3v) is 4.47. The molecule has 1 aliphatic heterocycles. The first-order valence-corrected chi connectivity index (χ1v) is 8.08. The van der Waals surface area contributed by atoms with Crippen LogP contribution in [-0.4, -0.2) is 49.3 Å². The predicted octanol–water partition coefficient (Wildman–Crippen LogP) is 2.92. The largest absolute Gasteiger partial charge is 0.493 e. The molecule has 1 aromatic carbocycles. The Labute approximate surface area is 138 Å². The molecule has 0 aliphatic carbocycles. The van der Waals surface area contributed by atoms with Crippen LogP contribution < -0.4 is 9.47 Å². The van der Waals surface area contributed by atoms with E-state index in [0.717, 1.165) is 31.5 Å². The summed E-state index contributed by atoms with van der Waals surface area (Å²) in [7, 11) is 3.73. The lowest BCUT2D eigenvalue weighted by molar-refractivity contribution is -0.138. The Balaban J connectivity index is 2.30. The van der Waals surface area contributed by atoms with E-state index in [1.54, 1.807) is 7.11 Å². The van der Waals surface area contributed by atoms with Gasteiger partial charge in [0.1, 0.15) is 6.10 Å². The Morgan fingerprint density at radius 3 is 2.57 bits per heavy atom. The number of ether oxygens (including phenoxy) is 2. The first-order valence-electron chi connectivity index (χ1n) is 8.08. The quantitative estimate of drug-likeness (QED) is 0.873. The monoisotopic (exact) mass is 321 g/mol. The number of carboxylic acid groups (broad SMARTS) is 1. The average Bonchev–Trinajstić information content (AvgIpc) is 2.48. The summed E-state index contributed by atoms with van der Waals surface area (Å²) in [4.78, 5) is 13.5. The molecule has 1 aromatic rings. The molecule has 0 amide bonds. The van der Waals surface area contributed by atoms with Crippen molar-refractivity contribution in [2.45, 2.75) is 44.6 Å². The van der Waals surface area contributed by atoms with Crippen LogP contribution in [0.1, 0.15) is 38.7 Å². The fourth-order valence-electron chi connectivity index (χ4n) is 3.07. The molecule has 1 heterocycles. The summed E-state index contributed by atoms with van der Waals surface area (Å²) in [6.45, 7) is 5.87. The fourth-order valence-corrected chi connectivity index (χ4v) is 3.07. The van der Waals surface area contributed by atoms with E-state index in [1.807, 2.05) is 32.0 Å². The number of nitrogens with zero attached hydrogens (tertiary/aromatic N) is 1. The molecule has 0 saturated carbocycles. The number of methoxy groups -OCH3 is 1. The average molecular weight is 321 g/mol. The minimum Gasteiger partial charge on any atom is -0.493 e. The van der Waals surface area contributed by atoms with E-state index in [9.17, 15) is 9.90 Å². The summed E-state index contributed by atoms with van der Waals surface area (Å²) in [6, 6.07) is 5.69. The van der Waals surface area contributed by atoms with Gasteiger partial charge in [0.15, 0.2) is 11.5 Å². The van der Waals surface area contributed by atoms with Crippen molar-refractivity contribution in [3.63, 3.8) is 0 Å².